The van der Waals surface area contributed by atoms with Crippen molar-refractivity contribution in [1.82, 2.24) is 16.0 Å². The lowest BCUT2D eigenvalue weighted by Crippen LogP contribution is -2.70. The molecule has 85 heavy (non-hydrogen) atoms. The summed E-state index contributed by atoms with van der Waals surface area (Å²) in [6.45, 7) is 1.07. The monoisotopic (exact) mass is 1240 g/mol. The van der Waals surface area contributed by atoms with Crippen molar-refractivity contribution >= 4 is 17.7 Å². The topological polar surface area (TPSA) is 571 Å². The van der Waals surface area contributed by atoms with Crippen LogP contribution in [0.25, 0.3) is 0 Å². The highest BCUT2D eigenvalue weighted by atomic mass is 16.8. The number of hydrogen-bond donors (Lipinski definition) is 21. The van der Waals surface area contributed by atoms with Gasteiger partial charge in [-0.25, -0.2) is 0 Å². The molecule has 0 bridgehead atoms. The number of aliphatic hydroxyl groups excluding tert-OH is 18. The van der Waals surface area contributed by atoms with Gasteiger partial charge in [-0.1, -0.05) is 0 Å². The van der Waals surface area contributed by atoms with Crippen LogP contribution in [-0.4, -0.2) is 357 Å². The molecule has 0 saturated carbocycles. The standard InChI is InChI=1S/C48H81N3O34/c1-11-24(58)31(65)34(68)45(75-11)83-39-22(50-14(4)56)43(78-17(7-53)27(39)61)73-9-19-29(63)38(21(42(72)77-19)49-13(3)55)82-48-37(71)41(85-47-36(70)33(67)26(60)16(6-52)80-47)30(64)20(81-48)10-74-44-23(51-15(5)57)40(28(62)18(8-54)79-44)84-46-35(69)32(66)25(59)12(2)76-46/h11-12,16-48,52-54,58-72H,6-10H2,1-5H3,(H,49,55)(H,50,56)(H,51,57)/t11-,12-,16+,17+,18+,19+,20+,21+,22+,23+,24+,25+,26-,27+,28+,29-,30-,31+,32+,33-,34-,35-,36+,37+,38+,39+,40+,41-,42?,43+,44+,45-,46-,47-,48-/m0/s1. The van der Waals surface area contributed by atoms with Gasteiger partial charge >= 0.3 is 0 Å². The van der Waals surface area contributed by atoms with E-state index in [4.69, 9.17) is 61.6 Å². The number of carbonyl (C=O) groups excluding carboxylic acids is 3. The third-order valence-corrected chi connectivity index (χ3v) is 15.6. The van der Waals surface area contributed by atoms with E-state index in [0.717, 1.165) is 20.8 Å². The number of amides is 3. The molecule has 0 aromatic rings. The van der Waals surface area contributed by atoms with Gasteiger partial charge < -0.3 is 169 Å². The van der Waals surface area contributed by atoms with E-state index in [0.29, 0.717) is 0 Å². The molecule has 0 aromatic heterocycles. The SMILES string of the molecule is CC(=O)N[C@H]1[C@H](OC[C@H]2O[C@@H](O[C@H]3[C@@H](O)[C@@H](CO[C@@H]4O[C@H](CO)[C@@H](O)[C@H](O[C@@H]5O[C@@H](C)[C@@H](O)[C@@H](O)[C@@H]5O)[C@H]4NC(C)=O)OC(O)[C@@H]3NC(C)=O)[C@H](O)[C@@H](O[C@@H]3O[C@H](CO)[C@H](O)[C@H](O)[C@H]3O)[C@H]2O)O[C@H](CO)[C@@H](O)[C@@H]1O[C@@H]1O[C@@H](C)[C@@H](O)[C@@H](O)[C@@H]1O. The van der Waals surface area contributed by atoms with Crippen LogP contribution in [0.5, 0.6) is 0 Å². The molecule has 7 aliphatic rings. The van der Waals surface area contributed by atoms with Crippen molar-refractivity contribution in [3.63, 3.8) is 0 Å². The molecule has 7 saturated heterocycles. The molecule has 37 heteroatoms. The Bertz CT molecular complexity index is 2150. The molecule has 0 aromatic carbocycles. The second-order valence-electron chi connectivity index (χ2n) is 21.8. The molecule has 3 amide bonds. The number of aliphatic hydroxyl groups is 18. The summed E-state index contributed by atoms with van der Waals surface area (Å²) in [5, 5.41) is 203. The summed E-state index contributed by atoms with van der Waals surface area (Å²) in [6.07, 6.45) is -59.2. The van der Waals surface area contributed by atoms with Gasteiger partial charge in [-0.3, -0.25) is 14.4 Å². The number of carbonyl (C=O) groups is 3. The minimum absolute atomic E-state index is 0.779. The Balaban J connectivity index is 1.17. The Hall–Kier alpha value is -2.83. The third-order valence-electron chi connectivity index (χ3n) is 15.6. The number of ether oxygens (including phenoxy) is 13. The highest BCUT2D eigenvalue weighted by molar-refractivity contribution is 5.74. The van der Waals surface area contributed by atoms with Crippen LogP contribution in [0, 0.1) is 0 Å². The number of hydrogen-bond acceptors (Lipinski definition) is 34. The summed E-state index contributed by atoms with van der Waals surface area (Å²) < 4.78 is 75.7. The van der Waals surface area contributed by atoms with Crippen LogP contribution < -0.4 is 16.0 Å². The minimum atomic E-state index is -2.33. The van der Waals surface area contributed by atoms with Gasteiger partial charge in [-0.2, -0.15) is 0 Å². The van der Waals surface area contributed by atoms with E-state index in [-0.39, 0.29) is 0 Å². The molecule has 7 aliphatic heterocycles. The Labute approximate surface area is 483 Å². The number of rotatable bonds is 20. The summed E-state index contributed by atoms with van der Waals surface area (Å²) in [7, 11) is 0. The van der Waals surface area contributed by atoms with Crippen molar-refractivity contribution in [2.45, 2.75) is 249 Å². The zero-order chi connectivity index (χ0) is 62.8. The molecular weight excluding hydrogens is 1160 g/mol. The van der Waals surface area contributed by atoms with Gasteiger partial charge in [0.2, 0.25) is 17.7 Å². The highest BCUT2D eigenvalue weighted by Gasteiger charge is 2.58. The van der Waals surface area contributed by atoms with Crippen LogP contribution in [-0.2, 0) is 76.0 Å². The molecule has 7 rings (SSSR count). The summed E-state index contributed by atoms with van der Waals surface area (Å²) >= 11 is 0. The second-order valence-corrected chi connectivity index (χ2v) is 21.8. The molecule has 37 nitrogen and oxygen atoms in total. The van der Waals surface area contributed by atoms with E-state index in [1.807, 2.05) is 0 Å². The van der Waals surface area contributed by atoms with Crippen molar-refractivity contribution < 1.29 is 168 Å². The van der Waals surface area contributed by atoms with E-state index < -0.39 is 266 Å². The van der Waals surface area contributed by atoms with Crippen molar-refractivity contribution in [3.05, 3.63) is 0 Å². The van der Waals surface area contributed by atoms with Gasteiger partial charge in [0.25, 0.3) is 0 Å². The fourth-order valence-corrected chi connectivity index (χ4v) is 10.9. The van der Waals surface area contributed by atoms with Gasteiger partial charge in [0, 0.05) is 20.8 Å². The van der Waals surface area contributed by atoms with E-state index in [1.165, 1.54) is 13.8 Å². The molecule has 0 spiro atoms. The van der Waals surface area contributed by atoms with Crippen molar-refractivity contribution in [1.29, 1.82) is 0 Å². The molecule has 21 N–H and O–H groups in total. The lowest BCUT2D eigenvalue weighted by molar-refractivity contribution is -0.379. The van der Waals surface area contributed by atoms with Crippen LogP contribution >= 0.6 is 0 Å². The van der Waals surface area contributed by atoms with Gasteiger partial charge in [-0.15, -0.1) is 0 Å². The Morgan fingerprint density at radius 2 is 0.624 bits per heavy atom. The number of nitrogens with one attached hydrogen (secondary N) is 3. The maximum absolute atomic E-state index is 12.7. The maximum atomic E-state index is 12.7. The van der Waals surface area contributed by atoms with E-state index in [1.54, 1.807) is 0 Å². The fraction of sp³-hybridized carbons (Fsp3) is 0.938. The quantitative estimate of drug-likeness (QED) is 0.0538. The first-order chi connectivity index (χ1) is 40.0. The average Bonchev–Trinajstić information content (AvgIpc) is 2.68. The van der Waals surface area contributed by atoms with Gasteiger partial charge in [0.15, 0.2) is 44.0 Å². The van der Waals surface area contributed by atoms with Crippen molar-refractivity contribution in [2.24, 2.45) is 0 Å². The Morgan fingerprint density at radius 1 is 0.329 bits per heavy atom. The van der Waals surface area contributed by atoms with Crippen LogP contribution in [0.2, 0.25) is 0 Å². The molecule has 35 atom stereocenters. The molecule has 492 valence electrons. The molecule has 7 heterocycles. The maximum Gasteiger partial charge on any atom is 0.217 e. The minimum Gasteiger partial charge on any atom is -0.394 e. The lowest BCUT2D eigenvalue weighted by atomic mass is 9.94. The van der Waals surface area contributed by atoms with E-state index >= 15 is 0 Å². The summed E-state index contributed by atoms with van der Waals surface area (Å²) in [6, 6.07) is -5.04. The molecule has 7 fully saturated rings. The van der Waals surface area contributed by atoms with E-state index in [9.17, 15) is 106 Å². The first-order valence-corrected chi connectivity index (χ1v) is 27.3. The molecule has 1 unspecified atom stereocenters. The Morgan fingerprint density at radius 3 is 1.04 bits per heavy atom. The summed E-state index contributed by atoms with van der Waals surface area (Å²) in [5.74, 6) is -2.45. The smallest absolute Gasteiger partial charge is 0.217 e. The van der Waals surface area contributed by atoms with Crippen LogP contribution in [0.15, 0.2) is 0 Å². The van der Waals surface area contributed by atoms with Gasteiger partial charge in [-0.05, 0) is 13.8 Å². The molecular formula is C48H81N3O34. The largest absolute Gasteiger partial charge is 0.394 e. The Kier molecular flexibility index (Phi) is 24.5. The fourth-order valence-electron chi connectivity index (χ4n) is 10.9. The molecule has 0 aliphatic carbocycles. The summed E-state index contributed by atoms with van der Waals surface area (Å²) in [4.78, 5) is 38.0. The second kappa shape index (κ2) is 29.9. The van der Waals surface area contributed by atoms with Gasteiger partial charge in [0.1, 0.15) is 159 Å². The normalized spacial score (nSPS) is 49.8. The van der Waals surface area contributed by atoms with Crippen LogP contribution in [0.1, 0.15) is 34.6 Å². The first-order valence-electron chi connectivity index (χ1n) is 27.3. The zero-order valence-corrected chi connectivity index (χ0v) is 46.3. The van der Waals surface area contributed by atoms with Crippen molar-refractivity contribution in [2.75, 3.05) is 33.0 Å². The van der Waals surface area contributed by atoms with Gasteiger partial charge in [0.05, 0.1) is 45.2 Å². The molecule has 0 radical (unpaired) electrons. The van der Waals surface area contributed by atoms with Crippen LogP contribution in [0.3, 0.4) is 0 Å². The lowest BCUT2D eigenvalue weighted by Gasteiger charge is -2.50. The third kappa shape index (κ3) is 15.5. The van der Waals surface area contributed by atoms with Crippen LogP contribution in [0.4, 0.5) is 0 Å². The average molecular weight is 1240 g/mol. The van der Waals surface area contributed by atoms with E-state index in [2.05, 4.69) is 16.0 Å². The van der Waals surface area contributed by atoms with Crippen molar-refractivity contribution in [3.8, 4) is 0 Å². The predicted molar refractivity (Wildman–Crippen MR) is 264 cm³/mol. The summed E-state index contributed by atoms with van der Waals surface area (Å²) in [5.41, 5.74) is 0. The zero-order valence-electron chi connectivity index (χ0n) is 46.3. The highest BCUT2D eigenvalue weighted by Crippen LogP contribution is 2.36. The first kappa shape index (κ1) is 69.6. The predicted octanol–water partition coefficient (Wildman–Crippen LogP) is -13.8.